The van der Waals surface area contributed by atoms with E-state index in [0.717, 1.165) is 29.9 Å². The zero-order valence-electron chi connectivity index (χ0n) is 15.0. The Balaban J connectivity index is 0.000000307. The Kier molecular flexibility index (Phi) is 5.46. The fourth-order valence-electron chi connectivity index (χ4n) is 5.35. The fraction of sp³-hybridized carbons (Fsp3) is 0.579. The minimum absolute atomic E-state index is 0.175. The largest absolute Gasteiger partial charge is 0.473 e. The highest BCUT2D eigenvalue weighted by Gasteiger charge is 2.50. The maximum atomic E-state index is 10.7. The van der Waals surface area contributed by atoms with E-state index in [2.05, 4.69) is 5.32 Å². The molecular formula is C19H24N2O6. The molecule has 3 N–H and O–H groups in total. The van der Waals surface area contributed by atoms with Crippen molar-refractivity contribution in [1.82, 2.24) is 5.32 Å². The summed E-state index contributed by atoms with van der Waals surface area (Å²) in [5.41, 5.74) is 1.68. The van der Waals surface area contributed by atoms with Crippen molar-refractivity contribution in [3.63, 3.8) is 0 Å². The molecule has 4 aliphatic rings. The first-order valence-electron chi connectivity index (χ1n) is 9.21. The van der Waals surface area contributed by atoms with Crippen LogP contribution in [0.1, 0.15) is 44.1 Å². The number of hydrogen-bond donors (Lipinski definition) is 3. The van der Waals surface area contributed by atoms with E-state index < -0.39 is 11.9 Å². The summed E-state index contributed by atoms with van der Waals surface area (Å²) in [7, 11) is 0. The van der Waals surface area contributed by atoms with Crippen molar-refractivity contribution in [3.05, 3.63) is 39.9 Å². The number of carbonyl (C=O) groups is 2. The molecule has 0 unspecified atom stereocenters. The zero-order valence-corrected chi connectivity index (χ0v) is 15.0. The van der Waals surface area contributed by atoms with Gasteiger partial charge in [-0.2, -0.15) is 0 Å². The van der Waals surface area contributed by atoms with Crippen LogP contribution in [0, 0.1) is 27.9 Å². The number of nitrogens with one attached hydrogen (secondary N) is 1. The summed E-state index contributed by atoms with van der Waals surface area (Å²) in [5.74, 6) is -0.813. The van der Waals surface area contributed by atoms with Crippen LogP contribution in [0.15, 0.2) is 24.3 Å². The third-order valence-electron chi connectivity index (χ3n) is 6.04. The molecule has 4 saturated carbocycles. The first-order chi connectivity index (χ1) is 12.8. The number of aliphatic carboxylic acids is 2. The second-order valence-electron chi connectivity index (χ2n) is 8.09. The van der Waals surface area contributed by atoms with Gasteiger partial charge in [0.05, 0.1) is 4.92 Å². The summed E-state index contributed by atoms with van der Waals surface area (Å²) in [6, 6.07) is 6.98. The number of nitro benzene ring substituents is 1. The topological polar surface area (TPSA) is 130 Å². The lowest BCUT2D eigenvalue weighted by Crippen LogP contribution is -2.58. The molecule has 0 aliphatic heterocycles. The molecule has 1 aromatic carbocycles. The van der Waals surface area contributed by atoms with Crippen LogP contribution >= 0.6 is 0 Å². The predicted molar refractivity (Wildman–Crippen MR) is 96.1 cm³/mol. The Labute approximate surface area is 156 Å². The van der Waals surface area contributed by atoms with Crippen molar-refractivity contribution in [3.8, 4) is 0 Å². The Morgan fingerprint density at radius 3 is 1.81 bits per heavy atom. The van der Waals surface area contributed by atoms with Crippen LogP contribution in [-0.4, -0.2) is 32.6 Å². The smallest absolute Gasteiger partial charge is 0.414 e. The minimum atomic E-state index is -1.82. The predicted octanol–water partition coefficient (Wildman–Crippen LogP) is 2.81. The number of hydrogen-bond acceptors (Lipinski definition) is 5. The summed E-state index contributed by atoms with van der Waals surface area (Å²) in [6.45, 7) is 0.837. The molecular weight excluding hydrogens is 352 g/mol. The molecule has 8 heteroatoms. The number of nitro groups is 1. The first kappa shape index (κ1) is 19.3. The number of nitrogens with zero attached hydrogens (tertiary/aromatic N) is 1. The van der Waals surface area contributed by atoms with E-state index in [1.807, 2.05) is 12.1 Å². The standard InChI is InChI=1S/C17H22N2O2.C2H2O4/c20-19(21)16-3-1-12(2-4-16)11-18-17-8-13-5-14(9-17)7-15(6-13)10-17;3-1(4)2(5)6/h1-4,13-15,18H,5-11H2;(H,3,4)(H,5,6). The summed E-state index contributed by atoms with van der Waals surface area (Å²) < 4.78 is 0. The average molecular weight is 376 g/mol. The Hall–Kier alpha value is -2.48. The number of non-ortho nitro benzene ring substituents is 1. The van der Waals surface area contributed by atoms with E-state index in [1.165, 1.54) is 38.5 Å². The lowest BCUT2D eigenvalue weighted by Gasteiger charge is -2.57. The van der Waals surface area contributed by atoms with E-state index in [1.54, 1.807) is 12.1 Å². The lowest BCUT2D eigenvalue weighted by atomic mass is 9.53. The van der Waals surface area contributed by atoms with Gasteiger partial charge >= 0.3 is 11.9 Å². The monoisotopic (exact) mass is 376 g/mol. The molecule has 5 rings (SSSR count). The van der Waals surface area contributed by atoms with Gasteiger partial charge in [0, 0.05) is 24.2 Å². The highest BCUT2D eigenvalue weighted by Crippen LogP contribution is 2.55. The molecule has 0 atom stereocenters. The van der Waals surface area contributed by atoms with Gasteiger partial charge in [0.15, 0.2) is 0 Å². The molecule has 0 amide bonds. The van der Waals surface area contributed by atoms with Gasteiger partial charge in [-0.25, -0.2) is 9.59 Å². The van der Waals surface area contributed by atoms with Gasteiger partial charge in [0.25, 0.3) is 5.69 Å². The van der Waals surface area contributed by atoms with Crippen molar-refractivity contribution in [2.75, 3.05) is 0 Å². The van der Waals surface area contributed by atoms with Gasteiger partial charge in [0.1, 0.15) is 0 Å². The van der Waals surface area contributed by atoms with Gasteiger partial charge in [0.2, 0.25) is 0 Å². The van der Waals surface area contributed by atoms with E-state index in [0.29, 0.717) is 5.54 Å². The van der Waals surface area contributed by atoms with Crippen LogP contribution in [0.3, 0.4) is 0 Å². The molecule has 8 nitrogen and oxygen atoms in total. The van der Waals surface area contributed by atoms with Crippen LogP contribution < -0.4 is 5.32 Å². The Morgan fingerprint density at radius 2 is 1.44 bits per heavy atom. The molecule has 4 bridgehead atoms. The van der Waals surface area contributed by atoms with Crippen molar-refractivity contribution in [2.45, 2.75) is 50.6 Å². The van der Waals surface area contributed by atoms with Crippen LogP contribution in [0.2, 0.25) is 0 Å². The number of carboxylic acids is 2. The number of carboxylic acid groups (broad SMARTS) is 2. The van der Waals surface area contributed by atoms with E-state index in [4.69, 9.17) is 19.8 Å². The van der Waals surface area contributed by atoms with Crippen LogP contribution in [0.5, 0.6) is 0 Å². The average Bonchev–Trinajstić information content (AvgIpc) is 2.60. The summed E-state index contributed by atoms with van der Waals surface area (Å²) in [6.07, 6.45) is 8.39. The van der Waals surface area contributed by atoms with Crippen LogP contribution in [-0.2, 0) is 16.1 Å². The Bertz CT molecular complexity index is 683. The van der Waals surface area contributed by atoms with Gasteiger partial charge in [-0.15, -0.1) is 0 Å². The molecule has 0 saturated heterocycles. The highest BCUT2D eigenvalue weighted by molar-refractivity contribution is 6.27. The quantitative estimate of drug-likeness (QED) is 0.418. The molecule has 1 aromatic rings. The second-order valence-corrected chi connectivity index (χ2v) is 8.09. The molecule has 0 heterocycles. The van der Waals surface area contributed by atoms with Crippen LogP contribution in [0.25, 0.3) is 0 Å². The maximum absolute atomic E-state index is 10.7. The molecule has 27 heavy (non-hydrogen) atoms. The van der Waals surface area contributed by atoms with E-state index in [-0.39, 0.29) is 10.6 Å². The molecule has 0 radical (unpaired) electrons. The van der Waals surface area contributed by atoms with Crippen LogP contribution in [0.4, 0.5) is 5.69 Å². The first-order valence-corrected chi connectivity index (χ1v) is 9.21. The van der Waals surface area contributed by atoms with Crippen molar-refractivity contribution >= 4 is 17.6 Å². The van der Waals surface area contributed by atoms with E-state index >= 15 is 0 Å². The third-order valence-corrected chi connectivity index (χ3v) is 6.04. The maximum Gasteiger partial charge on any atom is 0.414 e. The Morgan fingerprint density at radius 1 is 1.00 bits per heavy atom. The molecule has 4 fully saturated rings. The van der Waals surface area contributed by atoms with Crippen molar-refractivity contribution in [2.24, 2.45) is 17.8 Å². The summed E-state index contributed by atoms with van der Waals surface area (Å²) in [5, 5.41) is 29.3. The second kappa shape index (κ2) is 7.64. The van der Waals surface area contributed by atoms with Crippen molar-refractivity contribution in [1.29, 1.82) is 0 Å². The summed E-state index contributed by atoms with van der Waals surface area (Å²) >= 11 is 0. The van der Waals surface area contributed by atoms with Gasteiger partial charge in [-0.3, -0.25) is 10.1 Å². The van der Waals surface area contributed by atoms with E-state index in [9.17, 15) is 10.1 Å². The molecule has 4 aliphatic carbocycles. The van der Waals surface area contributed by atoms with Crippen molar-refractivity contribution < 1.29 is 24.7 Å². The third kappa shape index (κ3) is 4.63. The highest BCUT2D eigenvalue weighted by atomic mass is 16.6. The van der Waals surface area contributed by atoms with Gasteiger partial charge < -0.3 is 15.5 Å². The SMILES string of the molecule is O=C(O)C(=O)O.O=[N+]([O-])c1ccc(CNC23CC4CC(CC(C4)C2)C3)cc1. The molecule has 146 valence electrons. The lowest BCUT2D eigenvalue weighted by molar-refractivity contribution is -0.384. The number of benzene rings is 1. The number of rotatable bonds is 4. The normalized spacial score (nSPS) is 30.3. The molecule has 0 spiro atoms. The minimum Gasteiger partial charge on any atom is -0.473 e. The van der Waals surface area contributed by atoms with Gasteiger partial charge in [-0.1, -0.05) is 12.1 Å². The fourth-order valence-corrected chi connectivity index (χ4v) is 5.35. The molecule has 0 aromatic heterocycles. The van der Waals surface area contributed by atoms with Gasteiger partial charge in [-0.05, 0) is 61.8 Å². The summed E-state index contributed by atoms with van der Waals surface area (Å²) in [4.78, 5) is 28.6. The zero-order chi connectivity index (χ0) is 19.6.